The molecule has 98 valence electrons. The zero-order valence-corrected chi connectivity index (χ0v) is 11.1. The van der Waals surface area contributed by atoms with Gasteiger partial charge in [0, 0.05) is 34.9 Å². The van der Waals surface area contributed by atoms with Crippen molar-refractivity contribution in [1.82, 2.24) is 4.90 Å². The van der Waals surface area contributed by atoms with Crippen LogP contribution in [-0.2, 0) is 6.54 Å². The molecule has 2 aliphatic heterocycles. The minimum Gasteiger partial charge on any atom is -0.398 e. The van der Waals surface area contributed by atoms with E-state index in [1.807, 2.05) is 18.2 Å². The first-order chi connectivity index (χ1) is 8.65. The number of aliphatic hydroxyl groups excluding tert-OH is 1. The number of aliphatic hydroxyl groups is 1. The van der Waals surface area contributed by atoms with Gasteiger partial charge in [-0.3, -0.25) is 4.90 Å². The Kier molecular flexibility index (Phi) is 3.22. The predicted molar refractivity (Wildman–Crippen MR) is 73.5 cm³/mol. The van der Waals surface area contributed by atoms with Gasteiger partial charge in [-0.25, -0.2) is 0 Å². The lowest BCUT2D eigenvalue weighted by Gasteiger charge is -2.37. The summed E-state index contributed by atoms with van der Waals surface area (Å²) in [5, 5.41) is 10.6. The van der Waals surface area contributed by atoms with Crippen molar-refractivity contribution in [2.45, 2.75) is 50.4 Å². The third-order valence-electron chi connectivity index (χ3n) is 4.36. The molecule has 3 nitrogen and oxygen atoms in total. The largest absolute Gasteiger partial charge is 0.398 e. The van der Waals surface area contributed by atoms with Crippen molar-refractivity contribution in [2.75, 3.05) is 5.73 Å². The Labute approximate surface area is 113 Å². The molecule has 2 fully saturated rings. The maximum Gasteiger partial charge on any atom is 0.0570 e. The first kappa shape index (κ1) is 12.3. The van der Waals surface area contributed by atoms with Gasteiger partial charge in [0.1, 0.15) is 0 Å². The molecule has 4 heteroatoms. The van der Waals surface area contributed by atoms with Gasteiger partial charge in [0.05, 0.1) is 6.10 Å². The quantitative estimate of drug-likeness (QED) is 0.809. The van der Waals surface area contributed by atoms with Crippen LogP contribution in [-0.4, -0.2) is 28.2 Å². The van der Waals surface area contributed by atoms with Gasteiger partial charge in [-0.2, -0.15) is 0 Å². The van der Waals surface area contributed by atoms with Crippen LogP contribution >= 0.6 is 11.6 Å². The average molecular weight is 267 g/mol. The van der Waals surface area contributed by atoms with Crippen LogP contribution in [0.4, 0.5) is 5.69 Å². The number of nitrogen functional groups attached to an aromatic ring is 1. The molecule has 2 heterocycles. The maximum absolute atomic E-state index is 9.81. The molecular formula is C14H19ClN2O. The number of piperidine rings is 1. The Bertz CT molecular complexity index is 417. The van der Waals surface area contributed by atoms with Gasteiger partial charge in [-0.1, -0.05) is 17.7 Å². The van der Waals surface area contributed by atoms with E-state index >= 15 is 0 Å². The molecule has 2 saturated heterocycles. The lowest BCUT2D eigenvalue weighted by molar-refractivity contribution is 0.0311. The molecule has 2 atom stereocenters. The van der Waals surface area contributed by atoms with E-state index < -0.39 is 0 Å². The Morgan fingerprint density at radius 2 is 1.94 bits per heavy atom. The van der Waals surface area contributed by atoms with Gasteiger partial charge in [-0.05, 0) is 37.8 Å². The first-order valence-corrected chi connectivity index (χ1v) is 6.99. The average Bonchev–Trinajstić information content (AvgIpc) is 2.56. The van der Waals surface area contributed by atoms with Crippen LogP contribution in [0.5, 0.6) is 0 Å². The van der Waals surface area contributed by atoms with Crippen molar-refractivity contribution in [1.29, 1.82) is 0 Å². The topological polar surface area (TPSA) is 49.5 Å². The van der Waals surface area contributed by atoms with Gasteiger partial charge < -0.3 is 10.8 Å². The molecule has 3 rings (SSSR count). The highest BCUT2D eigenvalue weighted by Crippen LogP contribution is 2.38. The summed E-state index contributed by atoms with van der Waals surface area (Å²) in [5.41, 5.74) is 7.82. The van der Waals surface area contributed by atoms with Crippen LogP contribution in [0.25, 0.3) is 0 Å². The Morgan fingerprint density at radius 1 is 1.28 bits per heavy atom. The highest BCUT2D eigenvalue weighted by molar-refractivity contribution is 6.31. The smallest absolute Gasteiger partial charge is 0.0570 e. The minimum absolute atomic E-state index is 0.123. The van der Waals surface area contributed by atoms with Gasteiger partial charge in [0.15, 0.2) is 0 Å². The van der Waals surface area contributed by atoms with Gasteiger partial charge in [0.25, 0.3) is 0 Å². The summed E-state index contributed by atoms with van der Waals surface area (Å²) in [5.74, 6) is 0. The molecule has 2 bridgehead atoms. The van der Waals surface area contributed by atoms with E-state index in [0.29, 0.717) is 12.1 Å². The third-order valence-corrected chi connectivity index (χ3v) is 4.71. The van der Waals surface area contributed by atoms with E-state index in [4.69, 9.17) is 17.3 Å². The lowest BCUT2D eigenvalue weighted by Crippen LogP contribution is -2.44. The maximum atomic E-state index is 9.81. The van der Waals surface area contributed by atoms with Crippen LogP contribution in [0.3, 0.4) is 0 Å². The van der Waals surface area contributed by atoms with E-state index in [-0.39, 0.29) is 6.10 Å². The molecule has 3 N–H and O–H groups in total. The summed E-state index contributed by atoms with van der Waals surface area (Å²) in [7, 11) is 0. The molecule has 0 amide bonds. The summed E-state index contributed by atoms with van der Waals surface area (Å²) in [4.78, 5) is 2.48. The molecule has 1 aromatic carbocycles. The second kappa shape index (κ2) is 4.72. The monoisotopic (exact) mass is 266 g/mol. The normalized spacial score (nSPS) is 31.8. The SMILES string of the molecule is Nc1cccc(Cl)c1CN1C2CCC1CC(O)C2. The standard InChI is InChI=1S/C14H19ClN2O/c15-13-2-1-3-14(16)12(13)8-17-9-4-5-10(17)7-11(18)6-9/h1-3,9-11,18H,4-8,16H2. The summed E-state index contributed by atoms with van der Waals surface area (Å²) in [6.07, 6.45) is 4.03. The van der Waals surface area contributed by atoms with Crippen molar-refractivity contribution in [3.63, 3.8) is 0 Å². The fraction of sp³-hybridized carbons (Fsp3) is 0.571. The third kappa shape index (κ3) is 2.11. The highest BCUT2D eigenvalue weighted by atomic mass is 35.5. The van der Waals surface area contributed by atoms with Crippen LogP contribution in [0.1, 0.15) is 31.2 Å². The van der Waals surface area contributed by atoms with E-state index in [2.05, 4.69) is 4.90 Å². The van der Waals surface area contributed by atoms with E-state index in [1.54, 1.807) is 0 Å². The highest BCUT2D eigenvalue weighted by Gasteiger charge is 2.40. The Hall–Kier alpha value is -0.770. The molecule has 0 radical (unpaired) electrons. The Morgan fingerprint density at radius 3 is 2.56 bits per heavy atom. The molecule has 0 aliphatic carbocycles. The first-order valence-electron chi connectivity index (χ1n) is 6.62. The summed E-state index contributed by atoms with van der Waals surface area (Å²) in [6.45, 7) is 0.813. The number of hydrogen-bond donors (Lipinski definition) is 2. The van der Waals surface area contributed by atoms with E-state index in [1.165, 1.54) is 12.8 Å². The lowest BCUT2D eigenvalue weighted by atomic mass is 9.99. The number of anilines is 1. The van der Waals surface area contributed by atoms with Crippen molar-refractivity contribution in [3.8, 4) is 0 Å². The van der Waals surface area contributed by atoms with Crippen molar-refractivity contribution < 1.29 is 5.11 Å². The van der Waals surface area contributed by atoms with Crippen LogP contribution in [0, 0.1) is 0 Å². The zero-order valence-electron chi connectivity index (χ0n) is 10.3. The number of nitrogens with zero attached hydrogens (tertiary/aromatic N) is 1. The van der Waals surface area contributed by atoms with E-state index in [9.17, 15) is 5.11 Å². The number of benzene rings is 1. The van der Waals surface area contributed by atoms with Gasteiger partial charge in [0.2, 0.25) is 0 Å². The predicted octanol–water partition coefficient (Wildman–Crippen LogP) is 2.41. The van der Waals surface area contributed by atoms with Crippen LogP contribution in [0.15, 0.2) is 18.2 Å². The Balaban J connectivity index is 1.81. The molecule has 0 saturated carbocycles. The zero-order chi connectivity index (χ0) is 12.7. The number of halogens is 1. The minimum atomic E-state index is -0.123. The summed E-state index contributed by atoms with van der Waals surface area (Å²) in [6, 6.07) is 6.68. The molecule has 0 aromatic heterocycles. The molecule has 0 spiro atoms. The van der Waals surface area contributed by atoms with Gasteiger partial charge >= 0.3 is 0 Å². The fourth-order valence-electron chi connectivity index (χ4n) is 3.43. The summed E-state index contributed by atoms with van der Waals surface area (Å²) >= 11 is 6.24. The van der Waals surface area contributed by atoms with Crippen LogP contribution < -0.4 is 5.73 Å². The number of rotatable bonds is 2. The van der Waals surface area contributed by atoms with Crippen molar-refractivity contribution in [3.05, 3.63) is 28.8 Å². The number of nitrogens with two attached hydrogens (primary N) is 1. The molecular weight excluding hydrogens is 248 g/mol. The molecule has 18 heavy (non-hydrogen) atoms. The number of hydrogen-bond acceptors (Lipinski definition) is 3. The molecule has 2 unspecified atom stereocenters. The van der Waals surface area contributed by atoms with E-state index in [0.717, 1.165) is 35.7 Å². The second-order valence-electron chi connectivity index (χ2n) is 5.49. The number of fused-ring (bicyclic) bond motifs is 2. The molecule has 1 aromatic rings. The second-order valence-corrected chi connectivity index (χ2v) is 5.90. The van der Waals surface area contributed by atoms with Crippen molar-refractivity contribution >= 4 is 17.3 Å². The van der Waals surface area contributed by atoms with Crippen LogP contribution in [0.2, 0.25) is 5.02 Å². The summed E-state index contributed by atoms with van der Waals surface area (Å²) < 4.78 is 0. The van der Waals surface area contributed by atoms with Crippen molar-refractivity contribution in [2.24, 2.45) is 0 Å². The molecule has 2 aliphatic rings. The van der Waals surface area contributed by atoms with Gasteiger partial charge in [-0.15, -0.1) is 0 Å². The fourth-order valence-corrected chi connectivity index (χ4v) is 3.67.